The molecule has 1 aliphatic heterocycles. The number of hydrogen-bond acceptors (Lipinski definition) is 8. The quantitative estimate of drug-likeness (QED) is 0.106. The monoisotopic (exact) mass is 760 g/mol. The molecule has 12 heteroatoms. The van der Waals surface area contributed by atoms with Gasteiger partial charge in [-0.25, -0.2) is 0 Å². The molecule has 6 rings (SSSR count). The van der Waals surface area contributed by atoms with Gasteiger partial charge >= 0.3 is 0 Å². The molecule has 1 aliphatic rings. The van der Waals surface area contributed by atoms with Crippen molar-refractivity contribution < 1.29 is 14.4 Å². The molecule has 288 valence electrons. The number of nitrogens with one attached hydrogen (secondary N) is 4. The molecule has 0 radical (unpaired) electrons. The topological polar surface area (TPSA) is 171 Å². The number of unbranched alkanes of at least 4 members (excludes halogenated alkanes) is 1. The summed E-state index contributed by atoms with van der Waals surface area (Å²) in [7, 11) is 1.66. The molecule has 8 N–H and O–H groups in total. The Hall–Kier alpha value is -5.01. The summed E-state index contributed by atoms with van der Waals surface area (Å²) in [6, 6.07) is 22.0. The van der Waals surface area contributed by atoms with Gasteiger partial charge < -0.3 is 37.3 Å². The molecular formula is C43H52N8O3S. The molecule has 55 heavy (non-hydrogen) atoms. The van der Waals surface area contributed by atoms with Crippen molar-refractivity contribution in [2.75, 3.05) is 20.1 Å². The summed E-state index contributed by atoms with van der Waals surface area (Å²) in [6.45, 7) is 3.63. The fraction of sp³-hybridized carbons (Fsp3) is 0.349. The summed E-state index contributed by atoms with van der Waals surface area (Å²) < 4.78 is 0. The van der Waals surface area contributed by atoms with Crippen molar-refractivity contribution in [3.05, 3.63) is 114 Å². The van der Waals surface area contributed by atoms with Crippen LogP contribution in [0.15, 0.2) is 101 Å². The van der Waals surface area contributed by atoms with Crippen molar-refractivity contribution in [3.8, 4) is 11.1 Å². The Kier molecular flexibility index (Phi) is 13.7. The molecule has 0 fully saturated rings. The zero-order valence-corrected chi connectivity index (χ0v) is 32.5. The van der Waals surface area contributed by atoms with Gasteiger partial charge in [-0.2, -0.15) is 0 Å². The summed E-state index contributed by atoms with van der Waals surface area (Å²) >= 11 is 1.64. The Bertz CT molecular complexity index is 2090. The van der Waals surface area contributed by atoms with Gasteiger partial charge in [0.1, 0.15) is 12.1 Å². The highest BCUT2D eigenvalue weighted by Gasteiger charge is 2.34. The summed E-state index contributed by atoms with van der Waals surface area (Å²) in [5, 5.41) is 10.8. The average molecular weight is 761 g/mol. The SMILES string of the molecule is Cc1cccc2c1Sc1ccc(-c3cccnc3)cc1CNC(CCCN)C(=O)NC(CCCCN)C(=O)N(C)C(Cc1c[nH]c3ccccc13)C(=O)NC2. The van der Waals surface area contributed by atoms with Gasteiger partial charge in [-0.1, -0.05) is 60.3 Å². The first kappa shape index (κ1) is 39.7. The van der Waals surface area contributed by atoms with Gasteiger partial charge in [0.05, 0.1) is 6.04 Å². The lowest BCUT2D eigenvalue weighted by atomic mass is 10.0. The van der Waals surface area contributed by atoms with E-state index >= 15 is 0 Å². The maximum absolute atomic E-state index is 14.5. The zero-order chi connectivity index (χ0) is 38.7. The van der Waals surface area contributed by atoms with Gasteiger partial charge in [0.2, 0.25) is 17.7 Å². The van der Waals surface area contributed by atoms with Crippen LogP contribution in [0.5, 0.6) is 0 Å². The minimum absolute atomic E-state index is 0.272. The number of H-pyrrole nitrogens is 1. The van der Waals surface area contributed by atoms with Crippen molar-refractivity contribution >= 4 is 40.4 Å². The van der Waals surface area contributed by atoms with E-state index in [1.807, 2.05) is 60.9 Å². The van der Waals surface area contributed by atoms with Gasteiger partial charge in [0.25, 0.3) is 0 Å². The number of fused-ring (bicyclic) bond motifs is 3. The number of para-hydroxylation sites is 1. The van der Waals surface area contributed by atoms with E-state index in [1.165, 1.54) is 4.90 Å². The second-order valence-corrected chi connectivity index (χ2v) is 15.2. The van der Waals surface area contributed by atoms with Crippen LogP contribution in [0.4, 0.5) is 0 Å². The Morgan fingerprint density at radius 2 is 1.65 bits per heavy atom. The molecular weight excluding hydrogens is 709 g/mol. The number of rotatable bonds is 10. The van der Waals surface area contributed by atoms with Crippen molar-refractivity contribution in [1.82, 2.24) is 30.8 Å². The average Bonchev–Trinajstić information content (AvgIpc) is 3.62. The van der Waals surface area contributed by atoms with Crippen molar-refractivity contribution in [2.24, 2.45) is 11.5 Å². The number of amides is 3. The molecule has 0 saturated heterocycles. The number of aromatic amines is 1. The third-order valence-electron chi connectivity index (χ3n) is 10.3. The normalized spacial score (nSPS) is 18.7. The summed E-state index contributed by atoms with van der Waals surface area (Å²) in [6.07, 6.45) is 8.60. The van der Waals surface area contributed by atoms with E-state index in [2.05, 4.69) is 57.1 Å². The van der Waals surface area contributed by atoms with Crippen LogP contribution in [0.2, 0.25) is 0 Å². The first-order valence-electron chi connectivity index (χ1n) is 19.1. The van der Waals surface area contributed by atoms with Gasteiger partial charge in [0, 0.05) is 65.8 Å². The number of nitrogens with zero attached hydrogens (tertiary/aromatic N) is 2. The second kappa shape index (κ2) is 19.0. The molecule has 0 saturated carbocycles. The van der Waals surface area contributed by atoms with Crippen LogP contribution in [-0.4, -0.2) is 70.9 Å². The molecule has 3 heterocycles. The summed E-state index contributed by atoms with van der Waals surface area (Å²) in [5.74, 6) is -0.891. The lowest BCUT2D eigenvalue weighted by Gasteiger charge is -2.32. The van der Waals surface area contributed by atoms with Crippen LogP contribution < -0.4 is 27.4 Å². The number of aryl methyl sites for hydroxylation is 1. The highest BCUT2D eigenvalue weighted by Crippen LogP contribution is 2.37. The Morgan fingerprint density at radius 1 is 0.836 bits per heavy atom. The smallest absolute Gasteiger partial charge is 0.245 e. The Morgan fingerprint density at radius 3 is 2.45 bits per heavy atom. The number of likely N-dealkylation sites (N-methyl/N-ethyl adjacent to an activating group) is 1. The van der Waals surface area contributed by atoms with Gasteiger partial charge in [-0.15, -0.1) is 0 Å². The van der Waals surface area contributed by atoms with E-state index < -0.39 is 18.1 Å². The van der Waals surface area contributed by atoms with Crippen LogP contribution in [0, 0.1) is 6.92 Å². The van der Waals surface area contributed by atoms with Crippen molar-refractivity contribution in [2.45, 2.75) is 86.5 Å². The molecule has 0 aliphatic carbocycles. The fourth-order valence-electron chi connectivity index (χ4n) is 7.16. The zero-order valence-electron chi connectivity index (χ0n) is 31.6. The Labute approximate surface area is 327 Å². The standard InChI is InChI=1S/C43H52N8O3S/c1-28-10-7-11-31-25-49-42(53)38(23-32-26-47-35-14-4-3-13-34(32)35)51(2)43(54)37(15-5-6-19-44)50-41(52)36(16-8-20-45)48-27-33-22-29(30-12-9-21-46-24-30)17-18-39(33)55-40(28)31/h3-4,7,9-14,17-18,21-22,24,26,36-38,47-48H,5-6,8,15-16,19-20,23,25,27,44-45H2,1-2H3,(H,49,53)(H,50,52). The minimum atomic E-state index is -0.858. The second-order valence-electron chi connectivity index (χ2n) is 14.2. The highest BCUT2D eigenvalue weighted by atomic mass is 32.2. The molecule has 3 amide bonds. The predicted molar refractivity (Wildman–Crippen MR) is 219 cm³/mol. The molecule has 5 aromatic rings. The third-order valence-corrected chi connectivity index (χ3v) is 11.7. The number of benzene rings is 3. The van der Waals surface area contributed by atoms with E-state index in [1.54, 1.807) is 25.0 Å². The van der Waals surface area contributed by atoms with Gasteiger partial charge in [-0.05, 0) is 110 Å². The van der Waals surface area contributed by atoms with Crippen molar-refractivity contribution in [3.63, 3.8) is 0 Å². The lowest BCUT2D eigenvalue weighted by Crippen LogP contribution is -2.57. The first-order chi connectivity index (χ1) is 26.8. The van der Waals surface area contributed by atoms with Crippen LogP contribution in [0.1, 0.15) is 54.4 Å². The third kappa shape index (κ3) is 9.81. The molecule has 3 unspecified atom stereocenters. The van der Waals surface area contributed by atoms with E-state index in [-0.39, 0.29) is 30.7 Å². The van der Waals surface area contributed by atoms with Gasteiger partial charge in [0.15, 0.2) is 0 Å². The van der Waals surface area contributed by atoms with E-state index in [9.17, 15) is 14.4 Å². The number of nitrogens with two attached hydrogens (primary N) is 2. The summed E-state index contributed by atoms with van der Waals surface area (Å²) in [5.41, 5.74) is 18.7. The van der Waals surface area contributed by atoms with E-state index in [0.29, 0.717) is 51.7 Å². The molecule has 0 bridgehead atoms. The lowest BCUT2D eigenvalue weighted by molar-refractivity contribution is -0.142. The number of pyridine rings is 1. The Balaban J connectivity index is 1.42. The fourth-order valence-corrected chi connectivity index (χ4v) is 8.27. The molecule has 0 spiro atoms. The molecule has 2 aromatic heterocycles. The number of carbonyl (C=O) groups is 3. The first-order valence-corrected chi connectivity index (χ1v) is 19.9. The largest absolute Gasteiger partial charge is 0.361 e. The minimum Gasteiger partial charge on any atom is -0.361 e. The van der Waals surface area contributed by atoms with Crippen LogP contribution in [0.3, 0.4) is 0 Å². The van der Waals surface area contributed by atoms with Gasteiger partial charge in [-0.3, -0.25) is 19.4 Å². The number of aromatic nitrogens is 2. The van der Waals surface area contributed by atoms with E-state index in [0.717, 1.165) is 54.1 Å². The van der Waals surface area contributed by atoms with Crippen LogP contribution in [-0.2, 0) is 33.9 Å². The maximum atomic E-state index is 14.5. The molecule has 3 aromatic carbocycles. The molecule has 11 nitrogen and oxygen atoms in total. The van der Waals surface area contributed by atoms with Crippen LogP contribution in [0.25, 0.3) is 22.0 Å². The maximum Gasteiger partial charge on any atom is 0.245 e. The van der Waals surface area contributed by atoms with Crippen molar-refractivity contribution in [1.29, 1.82) is 0 Å². The highest BCUT2D eigenvalue weighted by molar-refractivity contribution is 7.99. The van der Waals surface area contributed by atoms with E-state index in [4.69, 9.17) is 11.5 Å². The number of hydrogen-bond donors (Lipinski definition) is 6. The number of carbonyl (C=O) groups excluding carboxylic acids is 3. The van der Waals surface area contributed by atoms with Crippen LogP contribution >= 0.6 is 11.8 Å². The summed E-state index contributed by atoms with van der Waals surface area (Å²) in [4.78, 5) is 54.3. The predicted octanol–water partition coefficient (Wildman–Crippen LogP) is 5.20. The molecule has 3 atom stereocenters.